The lowest BCUT2D eigenvalue weighted by Crippen LogP contribution is -2.57. The smallest absolute Gasteiger partial charge is 0.451 e. The number of nitrogens with one attached hydrogen (secondary N) is 1. The van der Waals surface area contributed by atoms with Crippen molar-refractivity contribution in [3.8, 4) is 0 Å². The van der Waals surface area contributed by atoms with Gasteiger partial charge in [-0.2, -0.15) is 26.3 Å². The second-order valence-electron chi connectivity index (χ2n) is 10.0. The number of carboxylic acids is 1. The number of benzene rings is 1. The van der Waals surface area contributed by atoms with Crippen molar-refractivity contribution in [1.82, 2.24) is 15.3 Å². The van der Waals surface area contributed by atoms with Crippen LogP contribution in [0.5, 0.6) is 0 Å². The molecule has 1 amide bonds. The third kappa shape index (κ3) is 7.33. The van der Waals surface area contributed by atoms with Crippen LogP contribution in [-0.2, 0) is 28.4 Å². The third-order valence-corrected chi connectivity index (χ3v) is 7.27. The van der Waals surface area contributed by atoms with Gasteiger partial charge in [-0.25, -0.2) is 9.97 Å². The van der Waals surface area contributed by atoms with Gasteiger partial charge in [0.1, 0.15) is 17.7 Å². The molecule has 14 heteroatoms. The quantitative estimate of drug-likeness (QED) is 0.426. The van der Waals surface area contributed by atoms with Crippen LogP contribution in [0.1, 0.15) is 49.1 Å². The molecule has 1 aromatic carbocycles. The molecule has 0 saturated carbocycles. The van der Waals surface area contributed by atoms with Gasteiger partial charge in [-0.05, 0) is 55.7 Å². The van der Waals surface area contributed by atoms with Crippen molar-refractivity contribution in [1.29, 1.82) is 0 Å². The molecular weight excluding hydrogens is 544 g/mol. The summed E-state index contributed by atoms with van der Waals surface area (Å²) in [5, 5.41) is 11.6. The molecule has 2 fully saturated rings. The number of halogens is 6. The summed E-state index contributed by atoms with van der Waals surface area (Å²) in [6.07, 6.45) is -6.74. The van der Waals surface area contributed by atoms with E-state index in [1.807, 2.05) is 0 Å². The number of hydrogen-bond donors (Lipinski definition) is 2. The number of alkyl halides is 6. The van der Waals surface area contributed by atoms with Crippen molar-refractivity contribution in [2.24, 2.45) is 5.92 Å². The van der Waals surface area contributed by atoms with Gasteiger partial charge < -0.3 is 20.2 Å². The number of aromatic nitrogens is 2. The first-order chi connectivity index (χ1) is 18.8. The minimum atomic E-state index is -4.80. The topological polar surface area (TPSA) is 98.7 Å². The summed E-state index contributed by atoms with van der Waals surface area (Å²) in [5.41, 5.74) is -0.170. The maximum Gasteiger partial charge on any atom is 0.451 e. The van der Waals surface area contributed by atoms with E-state index in [9.17, 15) is 35.9 Å². The van der Waals surface area contributed by atoms with Crippen molar-refractivity contribution in [3.63, 3.8) is 0 Å². The minimum Gasteiger partial charge on any atom is -0.481 e. The molecule has 0 aliphatic carbocycles. The van der Waals surface area contributed by atoms with Gasteiger partial charge in [0.15, 0.2) is 0 Å². The first kappa shape index (κ1) is 29.4. The zero-order valence-corrected chi connectivity index (χ0v) is 21.4. The SMILES string of the molecule is O=C(O)CCC1CCN(c2cc(N3CCC3C(=O)NCCc3ccc(C(F)(F)F)cc3)nc(C(F)(F)F)n2)CC1. The number of rotatable bonds is 9. The van der Waals surface area contributed by atoms with Crippen LogP contribution >= 0.6 is 0 Å². The third-order valence-electron chi connectivity index (χ3n) is 7.27. The fourth-order valence-electron chi connectivity index (χ4n) is 4.88. The summed E-state index contributed by atoms with van der Waals surface area (Å²) < 4.78 is 79.1. The number of aliphatic carboxylic acids is 1. The fraction of sp³-hybridized carbons (Fsp3) is 0.538. The molecule has 1 unspecified atom stereocenters. The number of nitrogens with zero attached hydrogens (tertiary/aromatic N) is 4. The van der Waals surface area contributed by atoms with Crippen molar-refractivity contribution >= 4 is 23.5 Å². The standard InChI is InChI=1S/C26H29F6N5O3/c27-25(28,29)18-4-1-16(2-5-18)7-11-33-23(40)19-10-14-37(19)21-15-20(34-24(35-21)26(30,31)32)36-12-8-17(9-13-36)3-6-22(38)39/h1-2,4-5,15,17,19H,3,6-14H2,(H,33,40)(H,38,39). The van der Waals surface area contributed by atoms with E-state index in [0.29, 0.717) is 50.9 Å². The van der Waals surface area contributed by atoms with Crippen LogP contribution in [0.2, 0.25) is 0 Å². The molecule has 1 aromatic heterocycles. The predicted molar refractivity (Wildman–Crippen MR) is 133 cm³/mol. The van der Waals surface area contributed by atoms with E-state index in [2.05, 4.69) is 15.3 Å². The lowest BCUT2D eigenvalue weighted by atomic mass is 9.92. The molecule has 2 saturated heterocycles. The van der Waals surface area contributed by atoms with Crippen LogP contribution in [0.4, 0.5) is 38.0 Å². The molecule has 2 aliphatic heterocycles. The molecule has 0 spiro atoms. The number of carboxylic acid groups (broad SMARTS) is 1. The maximum atomic E-state index is 13.7. The highest BCUT2D eigenvalue weighted by molar-refractivity contribution is 5.86. The average molecular weight is 574 g/mol. The normalized spacial score (nSPS) is 18.4. The summed E-state index contributed by atoms with van der Waals surface area (Å²) in [4.78, 5) is 34.3. The van der Waals surface area contributed by atoms with Crippen LogP contribution in [0.25, 0.3) is 0 Å². The second-order valence-corrected chi connectivity index (χ2v) is 10.0. The van der Waals surface area contributed by atoms with Gasteiger partial charge in [0.05, 0.1) is 5.56 Å². The Bertz CT molecular complexity index is 1200. The van der Waals surface area contributed by atoms with Crippen molar-refractivity contribution in [3.05, 3.63) is 47.3 Å². The van der Waals surface area contributed by atoms with Gasteiger partial charge in [0.25, 0.3) is 0 Å². The Balaban J connectivity index is 1.39. The van der Waals surface area contributed by atoms with Gasteiger partial charge in [-0.15, -0.1) is 0 Å². The number of anilines is 2. The number of carbonyl (C=O) groups is 2. The van der Waals surface area contributed by atoms with Crippen LogP contribution in [0.15, 0.2) is 30.3 Å². The molecule has 1 atom stereocenters. The van der Waals surface area contributed by atoms with Crippen LogP contribution < -0.4 is 15.1 Å². The highest BCUT2D eigenvalue weighted by atomic mass is 19.4. The number of carbonyl (C=O) groups excluding carboxylic acids is 1. The van der Waals surface area contributed by atoms with Crippen molar-refractivity contribution in [2.45, 2.75) is 56.9 Å². The lowest BCUT2D eigenvalue weighted by molar-refractivity contribution is -0.145. The molecule has 0 radical (unpaired) electrons. The first-order valence-electron chi connectivity index (χ1n) is 12.9. The summed E-state index contributed by atoms with van der Waals surface area (Å²) >= 11 is 0. The Morgan fingerprint density at radius 2 is 1.57 bits per heavy atom. The largest absolute Gasteiger partial charge is 0.481 e. The van der Waals surface area contributed by atoms with Crippen LogP contribution in [0.3, 0.4) is 0 Å². The van der Waals surface area contributed by atoms with E-state index in [-0.39, 0.29) is 36.9 Å². The van der Waals surface area contributed by atoms with E-state index in [1.54, 1.807) is 4.90 Å². The van der Waals surface area contributed by atoms with Crippen LogP contribution in [-0.4, -0.2) is 59.2 Å². The Hall–Kier alpha value is -3.58. The lowest BCUT2D eigenvalue weighted by Gasteiger charge is -2.41. The first-order valence-corrected chi connectivity index (χ1v) is 12.9. The van der Waals surface area contributed by atoms with E-state index >= 15 is 0 Å². The molecule has 2 aromatic rings. The van der Waals surface area contributed by atoms with E-state index < -0.39 is 41.7 Å². The molecule has 0 bridgehead atoms. The zero-order chi connectivity index (χ0) is 29.1. The Morgan fingerprint density at radius 3 is 2.12 bits per heavy atom. The predicted octanol–water partition coefficient (Wildman–Crippen LogP) is 4.53. The molecule has 3 heterocycles. The summed E-state index contributed by atoms with van der Waals surface area (Å²) in [6.45, 7) is 1.31. The number of amides is 1. The number of piperidine rings is 1. The van der Waals surface area contributed by atoms with Gasteiger partial charge >= 0.3 is 18.3 Å². The van der Waals surface area contributed by atoms with E-state index in [4.69, 9.17) is 5.11 Å². The van der Waals surface area contributed by atoms with Crippen LogP contribution in [0, 0.1) is 5.92 Å². The Labute approximate surface area is 226 Å². The van der Waals surface area contributed by atoms with Gasteiger partial charge in [-0.3, -0.25) is 9.59 Å². The number of hydrogen-bond acceptors (Lipinski definition) is 6. The second kappa shape index (κ2) is 11.9. The highest BCUT2D eigenvalue weighted by Crippen LogP contribution is 2.35. The molecular formula is C26H29F6N5O3. The van der Waals surface area contributed by atoms with Gasteiger partial charge in [-0.1, -0.05) is 12.1 Å². The van der Waals surface area contributed by atoms with Gasteiger partial charge in [0.2, 0.25) is 11.7 Å². The summed E-state index contributed by atoms with van der Waals surface area (Å²) in [5.74, 6) is -2.35. The monoisotopic (exact) mass is 573 g/mol. The molecule has 40 heavy (non-hydrogen) atoms. The molecule has 2 aliphatic rings. The van der Waals surface area contributed by atoms with Crippen molar-refractivity contribution < 1.29 is 41.0 Å². The zero-order valence-electron chi connectivity index (χ0n) is 21.4. The highest BCUT2D eigenvalue weighted by Gasteiger charge is 2.40. The summed E-state index contributed by atoms with van der Waals surface area (Å²) in [7, 11) is 0. The maximum absolute atomic E-state index is 13.7. The van der Waals surface area contributed by atoms with Gasteiger partial charge in [0, 0.05) is 38.7 Å². The minimum absolute atomic E-state index is 0.0144. The average Bonchev–Trinajstić information content (AvgIpc) is 2.86. The van der Waals surface area contributed by atoms with E-state index in [1.165, 1.54) is 23.1 Å². The fourth-order valence-corrected chi connectivity index (χ4v) is 4.88. The van der Waals surface area contributed by atoms with Crippen molar-refractivity contribution in [2.75, 3.05) is 36.0 Å². The Kier molecular flexibility index (Phi) is 8.74. The molecule has 4 rings (SSSR count). The van der Waals surface area contributed by atoms with E-state index in [0.717, 1.165) is 12.1 Å². The Morgan fingerprint density at radius 1 is 0.925 bits per heavy atom. The molecule has 218 valence electrons. The molecule has 2 N–H and O–H groups in total. The summed E-state index contributed by atoms with van der Waals surface area (Å²) in [6, 6.07) is 5.30. The molecule has 8 nitrogen and oxygen atoms in total.